The number of rotatable bonds is 5. The summed E-state index contributed by atoms with van der Waals surface area (Å²) in [5.41, 5.74) is 2.92. The molecule has 1 aromatic carbocycles. The van der Waals surface area contributed by atoms with Gasteiger partial charge in [-0.2, -0.15) is 0 Å². The van der Waals surface area contributed by atoms with Crippen molar-refractivity contribution in [1.82, 2.24) is 5.32 Å². The van der Waals surface area contributed by atoms with E-state index in [1.807, 2.05) is 0 Å². The van der Waals surface area contributed by atoms with Gasteiger partial charge in [0.25, 0.3) is 0 Å². The topological polar surface area (TPSA) is 30.5 Å². The predicted molar refractivity (Wildman–Crippen MR) is 96.6 cm³/mol. The quantitative estimate of drug-likeness (QED) is 0.881. The van der Waals surface area contributed by atoms with E-state index in [1.165, 1.54) is 24.8 Å². The van der Waals surface area contributed by atoms with Gasteiger partial charge < -0.3 is 14.8 Å². The van der Waals surface area contributed by atoms with Gasteiger partial charge in [-0.05, 0) is 37.2 Å². The van der Waals surface area contributed by atoms with Crippen molar-refractivity contribution in [1.29, 1.82) is 0 Å². The molecule has 1 aromatic rings. The van der Waals surface area contributed by atoms with Crippen molar-refractivity contribution in [3.8, 4) is 0 Å². The van der Waals surface area contributed by atoms with Crippen molar-refractivity contribution >= 4 is 6.08 Å². The van der Waals surface area contributed by atoms with Crippen LogP contribution in [0.1, 0.15) is 51.0 Å². The standard InChI is InChI=1S/C21H29NO2/c1-2-17(14-16-6-4-3-5-7-16)19-15-20(19)22-18-8-10-21(11-9-18)23-12-13-24-21/h3-7,14,18-20,22H,2,8-13,15H2,1H3/b17-14+/t19-,20+/m0/s1. The molecule has 2 saturated carbocycles. The van der Waals surface area contributed by atoms with Gasteiger partial charge in [0.2, 0.25) is 0 Å². The lowest BCUT2D eigenvalue weighted by Crippen LogP contribution is -2.43. The Balaban J connectivity index is 1.29. The van der Waals surface area contributed by atoms with E-state index >= 15 is 0 Å². The summed E-state index contributed by atoms with van der Waals surface area (Å²) in [7, 11) is 0. The van der Waals surface area contributed by atoms with E-state index in [9.17, 15) is 0 Å². The van der Waals surface area contributed by atoms with Crippen molar-refractivity contribution < 1.29 is 9.47 Å². The van der Waals surface area contributed by atoms with Crippen LogP contribution in [-0.2, 0) is 9.47 Å². The Labute approximate surface area is 145 Å². The maximum absolute atomic E-state index is 5.83. The fourth-order valence-corrected chi connectivity index (χ4v) is 4.34. The van der Waals surface area contributed by atoms with Crippen molar-refractivity contribution in [3.63, 3.8) is 0 Å². The van der Waals surface area contributed by atoms with Gasteiger partial charge in [0.15, 0.2) is 5.79 Å². The molecule has 0 unspecified atom stereocenters. The first-order valence-electron chi connectivity index (χ1n) is 9.57. The molecular formula is C21H29NO2. The molecule has 3 nitrogen and oxygen atoms in total. The van der Waals surface area contributed by atoms with Gasteiger partial charge in [-0.1, -0.05) is 48.9 Å². The molecular weight excluding hydrogens is 298 g/mol. The Hall–Kier alpha value is -1.16. The lowest BCUT2D eigenvalue weighted by atomic mass is 9.90. The zero-order chi connectivity index (χ0) is 16.4. The van der Waals surface area contributed by atoms with Crippen LogP contribution in [0.4, 0.5) is 0 Å². The molecule has 1 heterocycles. The first-order valence-corrected chi connectivity index (χ1v) is 9.57. The number of ether oxygens (including phenoxy) is 2. The Kier molecular flexibility index (Phi) is 4.75. The minimum absolute atomic E-state index is 0.233. The van der Waals surface area contributed by atoms with E-state index < -0.39 is 0 Å². The molecule has 2 atom stereocenters. The van der Waals surface area contributed by atoms with Gasteiger partial charge in [0.05, 0.1) is 13.2 Å². The molecule has 1 N–H and O–H groups in total. The monoisotopic (exact) mass is 327 g/mol. The molecule has 130 valence electrons. The zero-order valence-electron chi connectivity index (χ0n) is 14.7. The molecule has 3 fully saturated rings. The van der Waals surface area contributed by atoms with Crippen molar-refractivity contribution in [2.24, 2.45) is 5.92 Å². The van der Waals surface area contributed by atoms with Gasteiger partial charge in [-0.25, -0.2) is 0 Å². The fourth-order valence-electron chi connectivity index (χ4n) is 4.34. The van der Waals surface area contributed by atoms with Crippen molar-refractivity contribution in [2.75, 3.05) is 13.2 Å². The Morgan fingerprint density at radius 1 is 1.17 bits per heavy atom. The molecule has 0 aromatic heterocycles. The molecule has 0 radical (unpaired) electrons. The summed E-state index contributed by atoms with van der Waals surface area (Å²) in [6.07, 6.45) is 9.27. The highest BCUT2D eigenvalue weighted by Gasteiger charge is 2.44. The van der Waals surface area contributed by atoms with Crippen LogP contribution in [0.5, 0.6) is 0 Å². The van der Waals surface area contributed by atoms with Gasteiger partial charge in [0, 0.05) is 24.9 Å². The summed E-state index contributed by atoms with van der Waals surface area (Å²) in [5, 5.41) is 3.90. The minimum atomic E-state index is -0.233. The first kappa shape index (κ1) is 16.3. The van der Waals surface area contributed by atoms with Crippen LogP contribution >= 0.6 is 0 Å². The minimum Gasteiger partial charge on any atom is -0.348 e. The third-order valence-corrected chi connectivity index (χ3v) is 5.84. The third-order valence-electron chi connectivity index (χ3n) is 5.84. The SMILES string of the molecule is CC/C(=C\c1ccccc1)[C@@H]1C[C@H]1NC1CCC2(CC1)OCCO2. The number of hydrogen-bond donors (Lipinski definition) is 1. The summed E-state index contributed by atoms with van der Waals surface area (Å²) in [5.74, 6) is 0.494. The average molecular weight is 327 g/mol. The summed E-state index contributed by atoms with van der Waals surface area (Å²) in [6.45, 7) is 3.82. The second-order valence-corrected chi connectivity index (χ2v) is 7.48. The molecule has 24 heavy (non-hydrogen) atoms. The van der Waals surface area contributed by atoms with E-state index in [0.29, 0.717) is 12.1 Å². The van der Waals surface area contributed by atoms with Crippen LogP contribution in [0.25, 0.3) is 6.08 Å². The first-order chi connectivity index (χ1) is 11.8. The van der Waals surface area contributed by atoms with E-state index in [0.717, 1.165) is 38.4 Å². The molecule has 1 aliphatic heterocycles. The van der Waals surface area contributed by atoms with Crippen molar-refractivity contribution in [3.05, 3.63) is 41.5 Å². The zero-order valence-corrected chi connectivity index (χ0v) is 14.7. The molecule has 3 aliphatic rings. The summed E-state index contributed by atoms with van der Waals surface area (Å²) in [6, 6.07) is 12.0. The fraction of sp³-hybridized carbons (Fsp3) is 0.619. The molecule has 1 saturated heterocycles. The highest BCUT2D eigenvalue weighted by atomic mass is 16.7. The lowest BCUT2D eigenvalue weighted by Gasteiger charge is -2.35. The molecule has 0 amide bonds. The predicted octanol–water partition coefficient (Wildman–Crippen LogP) is 4.14. The van der Waals surface area contributed by atoms with E-state index in [-0.39, 0.29) is 5.79 Å². The Bertz CT molecular complexity index is 567. The highest BCUT2D eigenvalue weighted by molar-refractivity contribution is 5.54. The van der Waals surface area contributed by atoms with Crippen LogP contribution in [0.3, 0.4) is 0 Å². The van der Waals surface area contributed by atoms with Crippen LogP contribution in [0.15, 0.2) is 35.9 Å². The summed E-state index contributed by atoms with van der Waals surface area (Å²) < 4.78 is 11.7. The van der Waals surface area contributed by atoms with E-state index in [2.05, 4.69) is 48.6 Å². The lowest BCUT2D eigenvalue weighted by molar-refractivity contribution is -0.179. The van der Waals surface area contributed by atoms with E-state index in [1.54, 1.807) is 5.57 Å². The maximum atomic E-state index is 5.83. The second kappa shape index (κ2) is 6.99. The van der Waals surface area contributed by atoms with Crippen LogP contribution in [0, 0.1) is 5.92 Å². The normalized spacial score (nSPS) is 30.0. The highest BCUT2D eigenvalue weighted by Crippen LogP contribution is 2.42. The van der Waals surface area contributed by atoms with Gasteiger partial charge in [-0.15, -0.1) is 0 Å². The van der Waals surface area contributed by atoms with E-state index in [4.69, 9.17) is 9.47 Å². The smallest absolute Gasteiger partial charge is 0.168 e. The van der Waals surface area contributed by atoms with Gasteiger partial charge in [0.1, 0.15) is 0 Å². The van der Waals surface area contributed by atoms with Crippen molar-refractivity contribution in [2.45, 2.75) is 63.3 Å². The van der Waals surface area contributed by atoms with Crippen LogP contribution in [0.2, 0.25) is 0 Å². The molecule has 3 heteroatoms. The Morgan fingerprint density at radius 2 is 1.88 bits per heavy atom. The largest absolute Gasteiger partial charge is 0.348 e. The van der Waals surface area contributed by atoms with Gasteiger partial charge >= 0.3 is 0 Å². The van der Waals surface area contributed by atoms with Crippen LogP contribution < -0.4 is 5.32 Å². The number of nitrogens with one attached hydrogen (secondary N) is 1. The molecule has 4 rings (SSSR count). The average Bonchev–Trinajstić information content (AvgIpc) is 3.24. The van der Waals surface area contributed by atoms with Gasteiger partial charge in [-0.3, -0.25) is 0 Å². The Morgan fingerprint density at radius 3 is 2.54 bits per heavy atom. The molecule has 0 bridgehead atoms. The van der Waals surface area contributed by atoms with Crippen LogP contribution in [-0.4, -0.2) is 31.1 Å². The second-order valence-electron chi connectivity index (χ2n) is 7.48. The number of benzene rings is 1. The third kappa shape index (κ3) is 3.58. The molecule has 1 spiro atoms. The number of hydrogen-bond acceptors (Lipinski definition) is 3. The summed E-state index contributed by atoms with van der Waals surface area (Å²) in [4.78, 5) is 0. The molecule has 2 aliphatic carbocycles. The summed E-state index contributed by atoms with van der Waals surface area (Å²) >= 11 is 0. The maximum Gasteiger partial charge on any atom is 0.168 e.